The largest absolute Gasteiger partial charge is 0.494 e. The predicted molar refractivity (Wildman–Crippen MR) is 132 cm³/mol. The lowest BCUT2D eigenvalue weighted by Gasteiger charge is -2.13. The average molecular weight is 499 g/mol. The maximum absolute atomic E-state index is 14.7. The number of aryl methyl sites for hydroxylation is 1. The molecule has 0 saturated carbocycles. The molecular formula is C25H24ClFN4O4. The summed E-state index contributed by atoms with van der Waals surface area (Å²) in [5, 5.41) is 13.4. The standard InChI is InChI=1S/C25H24ClFN4O4/c1-4-35-21-10-15(5-6-16(21)25(32)33)20-12-22(30-13-29-20)28-7-8-31-14(2)9-17-23(31)19(27)11-18(26)24(17)34-3/h5-6,9-13H,4,7-8H2,1-3H3,(H,32,33)(H,28,29,30). The van der Waals surface area contributed by atoms with Crippen LogP contribution >= 0.6 is 11.6 Å². The number of rotatable bonds is 9. The first-order chi connectivity index (χ1) is 16.8. The van der Waals surface area contributed by atoms with Crippen molar-refractivity contribution < 1.29 is 23.8 Å². The summed E-state index contributed by atoms with van der Waals surface area (Å²) < 4.78 is 27.5. The number of carbonyl (C=O) groups is 1. The van der Waals surface area contributed by atoms with Gasteiger partial charge in [0.05, 0.1) is 29.9 Å². The number of nitrogens with one attached hydrogen (secondary N) is 1. The Kier molecular flexibility index (Phi) is 7.07. The predicted octanol–water partition coefficient (Wildman–Crippen LogP) is 5.42. The summed E-state index contributed by atoms with van der Waals surface area (Å²) in [6.07, 6.45) is 1.42. The molecule has 0 fully saturated rings. The molecule has 0 amide bonds. The number of ether oxygens (including phenoxy) is 2. The zero-order chi connectivity index (χ0) is 25.1. The summed E-state index contributed by atoms with van der Waals surface area (Å²) in [6, 6.07) is 9.68. The molecule has 0 aliphatic heterocycles. The second kappa shape index (κ2) is 10.2. The number of benzene rings is 2. The van der Waals surface area contributed by atoms with Crippen LogP contribution in [-0.4, -0.2) is 45.9 Å². The van der Waals surface area contributed by atoms with Crippen LogP contribution in [-0.2, 0) is 6.54 Å². The van der Waals surface area contributed by atoms with Crippen molar-refractivity contribution in [3.63, 3.8) is 0 Å². The smallest absolute Gasteiger partial charge is 0.339 e. The molecule has 2 aromatic carbocycles. The highest BCUT2D eigenvalue weighted by Gasteiger charge is 2.18. The monoisotopic (exact) mass is 498 g/mol. The van der Waals surface area contributed by atoms with Gasteiger partial charge in [0.15, 0.2) is 0 Å². The summed E-state index contributed by atoms with van der Waals surface area (Å²) in [5.74, 6) is -0.186. The SMILES string of the molecule is CCOc1cc(-c2cc(NCCn3c(C)cc4c(OC)c(Cl)cc(F)c43)ncn2)ccc1C(=O)O. The Morgan fingerprint density at radius 3 is 2.74 bits per heavy atom. The zero-order valence-electron chi connectivity index (χ0n) is 19.4. The minimum Gasteiger partial charge on any atom is -0.494 e. The van der Waals surface area contributed by atoms with Crippen molar-refractivity contribution in [2.24, 2.45) is 0 Å². The molecule has 10 heteroatoms. The first-order valence-electron chi connectivity index (χ1n) is 10.9. The highest BCUT2D eigenvalue weighted by atomic mass is 35.5. The van der Waals surface area contributed by atoms with Gasteiger partial charge in [-0.3, -0.25) is 0 Å². The summed E-state index contributed by atoms with van der Waals surface area (Å²) in [5.41, 5.74) is 2.68. The van der Waals surface area contributed by atoms with Crippen LogP contribution in [0.25, 0.3) is 22.2 Å². The molecule has 0 bridgehead atoms. The van der Waals surface area contributed by atoms with Crippen LogP contribution in [0.4, 0.5) is 10.2 Å². The Morgan fingerprint density at radius 1 is 1.23 bits per heavy atom. The summed E-state index contributed by atoms with van der Waals surface area (Å²) in [6.45, 7) is 4.96. The molecule has 0 unspecified atom stereocenters. The molecule has 0 atom stereocenters. The van der Waals surface area contributed by atoms with Gasteiger partial charge in [-0.25, -0.2) is 19.2 Å². The number of carboxylic acids is 1. The van der Waals surface area contributed by atoms with Gasteiger partial charge < -0.3 is 24.5 Å². The molecule has 4 rings (SSSR count). The summed E-state index contributed by atoms with van der Waals surface area (Å²) in [4.78, 5) is 20.0. The highest BCUT2D eigenvalue weighted by molar-refractivity contribution is 6.33. The molecule has 2 aromatic heterocycles. The van der Waals surface area contributed by atoms with E-state index in [1.54, 1.807) is 25.1 Å². The van der Waals surface area contributed by atoms with Gasteiger partial charge in [-0.05, 0) is 38.1 Å². The molecule has 182 valence electrons. The van der Waals surface area contributed by atoms with Crippen LogP contribution in [0.3, 0.4) is 0 Å². The fourth-order valence-electron chi connectivity index (χ4n) is 4.02. The minimum absolute atomic E-state index is 0.0856. The Labute approximate surface area is 206 Å². The lowest BCUT2D eigenvalue weighted by Crippen LogP contribution is -2.13. The molecule has 2 N–H and O–H groups in total. The molecule has 2 heterocycles. The Bertz CT molecular complexity index is 1410. The van der Waals surface area contributed by atoms with Crippen LogP contribution in [0, 0.1) is 12.7 Å². The first-order valence-corrected chi connectivity index (χ1v) is 11.3. The van der Waals surface area contributed by atoms with E-state index in [4.69, 9.17) is 21.1 Å². The molecule has 0 radical (unpaired) electrons. The van der Waals surface area contributed by atoms with Gasteiger partial charge in [0.25, 0.3) is 0 Å². The van der Waals surface area contributed by atoms with Gasteiger partial charge in [-0.2, -0.15) is 0 Å². The van der Waals surface area contributed by atoms with Gasteiger partial charge >= 0.3 is 5.97 Å². The number of nitrogens with zero attached hydrogens (tertiary/aromatic N) is 3. The van der Waals surface area contributed by atoms with E-state index in [1.165, 1.54) is 25.6 Å². The van der Waals surface area contributed by atoms with Crippen molar-refractivity contribution in [1.29, 1.82) is 0 Å². The maximum Gasteiger partial charge on any atom is 0.339 e. The van der Waals surface area contributed by atoms with E-state index < -0.39 is 11.8 Å². The summed E-state index contributed by atoms with van der Waals surface area (Å²) in [7, 11) is 1.51. The fourth-order valence-corrected chi connectivity index (χ4v) is 4.29. The minimum atomic E-state index is -1.06. The topological polar surface area (TPSA) is 98.5 Å². The van der Waals surface area contributed by atoms with Crippen LogP contribution in [0.15, 0.2) is 42.7 Å². The molecule has 0 aliphatic carbocycles. The van der Waals surface area contributed by atoms with E-state index in [0.717, 1.165) is 5.69 Å². The number of hydrogen-bond donors (Lipinski definition) is 2. The van der Waals surface area contributed by atoms with E-state index in [-0.39, 0.29) is 16.3 Å². The number of fused-ring (bicyclic) bond motifs is 1. The third-order valence-corrected chi connectivity index (χ3v) is 5.85. The van der Waals surface area contributed by atoms with E-state index in [0.29, 0.717) is 53.4 Å². The van der Waals surface area contributed by atoms with Gasteiger partial charge in [-0.1, -0.05) is 17.7 Å². The number of methoxy groups -OCH3 is 1. The Balaban J connectivity index is 1.54. The van der Waals surface area contributed by atoms with Gasteiger partial charge in [0.1, 0.15) is 35.0 Å². The number of anilines is 1. The number of carboxylic acid groups (broad SMARTS) is 1. The molecule has 0 saturated heterocycles. The van der Waals surface area contributed by atoms with Crippen molar-refractivity contribution in [3.8, 4) is 22.8 Å². The molecule has 0 aliphatic rings. The summed E-state index contributed by atoms with van der Waals surface area (Å²) >= 11 is 6.13. The van der Waals surface area contributed by atoms with Crippen LogP contribution in [0.5, 0.6) is 11.5 Å². The van der Waals surface area contributed by atoms with E-state index in [9.17, 15) is 14.3 Å². The number of hydrogen-bond acceptors (Lipinski definition) is 6. The second-order valence-corrected chi connectivity index (χ2v) is 8.14. The van der Waals surface area contributed by atoms with Crippen molar-refractivity contribution in [2.45, 2.75) is 20.4 Å². The number of halogens is 2. The van der Waals surface area contributed by atoms with E-state index in [1.807, 2.05) is 17.6 Å². The lowest BCUT2D eigenvalue weighted by molar-refractivity contribution is 0.0692. The van der Waals surface area contributed by atoms with Crippen molar-refractivity contribution in [2.75, 3.05) is 25.6 Å². The lowest BCUT2D eigenvalue weighted by atomic mass is 10.1. The maximum atomic E-state index is 14.7. The third kappa shape index (κ3) is 4.85. The zero-order valence-corrected chi connectivity index (χ0v) is 20.2. The van der Waals surface area contributed by atoms with Crippen molar-refractivity contribution >= 4 is 34.3 Å². The number of aromatic nitrogens is 3. The Morgan fingerprint density at radius 2 is 2.03 bits per heavy atom. The molecule has 8 nitrogen and oxygen atoms in total. The van der Waals surface area contributed by atoms with Crippen LogP contribution in [0.1, 0.15) is 23.0 Å². The normalized spacial score (nSPS) is 11.0. The van der Waals surface area contributed by atoms with E-state index >= 15 is 0 Å². The fraction of sp³-hybridized carbons (Fsp3) is 0.240. The molecule has 0 spiro atoms. The van der Waals surface area contributed by atoms with Crippen LogP contribution in [0.2, 0.25) is 5.02 Å². The van der Waals surface area contributed by atoms with E-state index in [2.05, 4.69) is 15.3 Å². The average Bonchev–Trinajstić information content (AvgIpc) is 3.15. The molecule has 35 heavy (non-hydrogen) atoms. The van der Waals surface area contributed by atoms with Gasteiger partial charge in [0.2, 0.25) is 0 Å². The quantitative estimate of drug-likeness (QED) is 0.318. The van der Waals surface area contributed by atoms with Crippen molar-refractivity contribution in [3.05, 3.63) is 64.8 Å². The number of aromatic carboxylic acids is 1. The van der Waals surface area contributed by atoms with Crippen molar-refractivity contribution in [1.82, 2.24) is 14.5 Å². The van der Waals surface area contributed by atoms with Crippen LogP contribution < -0.4 is 14.8 Å². The van der Waals surface area contributed by atoms with Gasteiger partial charge in [-0.15, -0.1) is 0 Å². The second-order valence-electron chi connectivity index (χ2n) is 7.74. The molecule has 4 aromatic rings. The highest BCUT2D eigenvalue weighted by Crippen LogP contribution is 2.37. The third-order valence-electron chi connectivity index (χ3n) is 5.57. The van der Waals surface area contributed by atoms with Gasteiger partial charge in [0, 0.05) is 35.8 Å². The Hall–Kier alpha value is -3.85. The molecular weight excluding hydrogens is 475 g/mol. The first kappa shape index (κ1) is 24.3.